The molecule has 0 spiro atoms. The number of nitrogens with one attached hydrogen (secondary N) is 1. The van der Waals surface area contributed by atoms with E-state index >= 15 is 0 Å². The van der Waals surface area contributed by atoms with Gasteiger partial charge in [-0.05, 0) is 36.8 Å². The zero-order valence-electron chi connectivity index (χ0n) is 10.6. The van der Waals surface area contributed by atoms with Crippen LogP contribution in [-0.2, 0) is 0 Å². The highest BCUT2D eigenvalue weighted by Crippen LogP contribution is 2.22. The molecular weight excluding hydrogens is 264 g/mol. The third-order valence-corrected chi connectivity index (χ3v) is 2.97. The largest absolute Gasteiger partial charge is 0.496 e. The van der Waals surface area contributed by atoms with Gasteiger partial charge in [-0.1, -0.05) is 11.6 Å². The van der Waals surface area contributed by atoms with Gasteiger partial charge in [-0.2, -0.15) is 0 Å². The lowest BCUT2D eigenvalue weighted by atomic mass is 10.2. The summed E-state index contributed by atoms with van der Waals surface area (Å²) in [6.45, 7) is 1.91. The molecule has 1 heterocycles. The second kappa shape index (κ2) is 5.71. The Hall–Kier alpha value is -2.07. The minimum Gasteiger partial charge on any atom is -0.496 e. The number of carbonyl (C=O) groups excluding carboxylic acids is 1. The molecule has 98 valence electrons. The first kappa shape index (κ1) is 13.4. The number of methoxy groups -OCH3 is 1. The Balaban J connectivity index is 2.20. The number of halogens is 1. The lowest BCUT2D eigenvalue weighted by Crippen LogP contribution is -2.12. The first-order chi connectivity index (χ1) is 9.11. The molecule has 0 bridgehead atoms. The number of hydrogen-bond donors (Lipinski definition) is 1. The van der Waals surface area contributed by atoms with E-state index in [1.165, 1.54) is 12.4 Å². The van der Waals surface area contributed by atoms with Gasteiger partial charge >= 0.3 is 0 Å². The van der Waals surface area contributed by atoms with Crippen molar-refractivity contribution < 1.29 is 9.53 Å². The number of benzene rings is 1. The molecule has 1 aromatic carbocycles. The van der Waals surface area contributed by atoms with Crippen molar-refractivity contribution in [2.75, 3.05) is 12.4 Å². The topological polar surface area (TPSA) is 51.2 Å². The molecule has 0 saturated carbocycles. The minimum absolute atomic E-state index is 0.267. The smallest absolute Gasteiger partial charge is 0.257 e. The summed E-state index contributed by atoms with van der Waals surface area (Å²) in [5.41, 5.74) is 2.03. The Morgan fingerprint density at radius 2 is 2.16 bits per heavy atom. The van der Waals surface area contributed by atoms with Crippen molar-refractivity contribution in [2.45, 2.75) is 6.92 Å². The molecule has 0 atom stereocenters. The predicted molar refractivity (Wildman–Crippen MR) is 74.9 cm³/mol. The Morgan fingerprint density at radius 1 is 1.37 bits per heavy atom. The highest BCUT2D eigenvalue weighted by atomic mass is 35.5. The molecule has 0 saturated heterocycles. The van der Waals surface area contributed by atoms with Gasteiger partial charge in [0.15, 0.2) is 0 Å². The molecule has 0 fully saturated rings. The van der Waals surface area contributed by atoms with Crippen LogP contribution in [0, 0.1) is 6.92 Å². The normalized spacial score (nSPS) is 10.1. The van der Waals surface area contributed by atoms with E-state index in [1.807, 2.05) is 13.0 Å². The van der Waals surface area contributed by atoms with Gasteiger partial charge in [-0.25, -0.2) is 0 Å². The van der Waals surface area contributed by atoms with Crippen LogP contribution in [0.4, 0.5) is 5.69 Å². The maximum Gasteiger partial charge on any atom is 0.257 e. The number of carbonyl (C=O) groups is 1. The van der Waals surface area contributed by atoms with Crippen LogP contribution in [0.15, 0.2) is 36.7 Å². The Labute approximate surface area is 116 Å². The monoisotopic (exact) mass is 276 g/mol. The first-order valence-electron chi connectivity index (χ1n) is 5.67. The summed E-state index contributed by atoms with van der Waals surface area (Å²) in [5, 5.41) is 3.11. The van der Waals surface area contributed by atoms with Crippen LogP contribution in [-0.4, -0.2) is 18.0 Å². The van der Waals surface area contributed by atoms with Gasteiger partial charge in [-0.15, -0.1) is 0 Å². The number of rotatable bonds is 3. The van der Waals surface area contributed by atoms with E-state index in [0.717, 1.165) is 11.3 Å². The Bertz CT molecular complexity index is 614. The van der Waals surface area contributed by atoms with Gasteiger partial charge < -0.3 is 10.1 Å². The standard InChI is InChI=1S/C14H13ClN2O2/c1-9-7-10(3-4-13(9)19-2)17-14(18)11-5-6-16-8-12(11)15/h3-8H,1-2H3,(H,17,18). The average molecular weight is 277 g/mol. The van der Waals surface area contributed by atoms with Gasteiger partial charge in [-0.3, -0.25) is 9.78 Å². The number of pyridine rings is 1. The van der Waals surface area contributed by atoms with Crippen LogP contribution in [0.1, 0.15) is 15.9 Å². The molecule has 2 rings (SSSR count). The molecule has 5 heteroatoms. The summed E-state index contributed by atoms with van der Waals surface area (Å²) in [6, 6.07) is 7.00. The van der Waals surface area contributed by atoms with E-state index in [2.05, 4.69) is 10.3 Å². The van der Waals surface area contributed by atoms with E-state index < -0.39 is 0 Å². The number of ether oxygens (including phenoxy) is 1. The number of aryl methyl sites for hydroxylation is 1. The van der Waals surface area contributed by atoms with Crippen molar-refractivity contribution in [1.82, 2.24) is 4.98 Å². The van der Waals surface area contributed by atoms with Crippen LogP contribution in [0.3, 0.4) is 0 Å². The van der Waals surface area contributed by atoms with Crippen molar-refractivity contribution in [2.24, 2.45) is 0 Å². The highest BCUT2D eigenvalue weighted by molar-refractivity contribution is 6.34. The van der Waals surface area contributed by atoms with Crippen LogP contribution in [0.5, 0.6) is 5.75 Å². The van der Waals surface area contributed by atoms with E-state index in [9.17, 15) is 4.79 Å². The molecule has 4 nitrogen and oxygen atoms in total. The van der Waals surface area contributed by atoms with Crippen molar-refractivity contribution in [3.8, 4) is 5.75 Å². The number of aromatic nitrogens is 1. The zero-order chi connectivity index (χ0) is 13.8. The van der Waals surface area contributed by atoms with E-state index in [4.69, 9.17) is 16.3 Å². The van der Waals surface area contributed by atoms with Crippen LogP contribution < -0.4 is 10.1 Å². The molecule has 0 radical (unpaired) electrons. The van der Waals surface area contributed by atoms with E-state index in [-0.39, 0.29) is 5.91 Å². The summed E-state index contributed by atoms with van der Waals surface area (Å²) in [5.74, 6) is 0.511. The second-order valence-corrected chi connectivity index (χ2v) is 4.40. The number of nitrogens with zero attached hydrogens (tertiary/aromatic N) is 1. The quantitative estimate of drug-likeness (QED) is 0.936. The van der Waals surface area contributed by atoms with Crippen molar-refractivity contribution >= 4 is 23.2 Å². The summed E-state index contributed by atoms with van der Waals surface area (Å²) in [6.07, 6.45) is 2.97. The predicted octanol–water partition coefficient (Wildman–Crippen LogP) is 3.30. The van der Waals surface area contributed by atoms with Crippen molar-refractivity contribution in [3.63, 3.8) is 0 Å². The SMILES string of the molecule is COc1ccc(NC(=O)c2ccncc2Cl)cc1C. The average Bonchev–Trinajstić information content (AvgIpc) is 2.39. The maximum absolute atomic E-state index is 12.0. The van der Waals surface area contributed by atoms with Gasteiger partial charge in [0.05, 0.1) is 17.7 Å². The fraction of sp³-hybridized carbons (Fsp3) is 0.143. The lowest BCUT2D eigenvalue weighted by molar-refractivity contribution is 0.102. The van der Waals surface area contributed by atoms with Crippen LogP contribution >= 0.6 is 11.6 Å². The van der Waals surface area contributed by atoms with Crippen LogP contribution in [0.25, 0.3) is 0 Å². The summed E-state index contributed by atoms with van der Waals surface area (Å²) < 4.78 is 5.17. The first-order valence-corrected chi connectivity index (χ1v) is 6.05. The third kappa shape index (κ3) is 3.03. The fourth-order valence-electron chi connectivity index (χ4n) is 1.71. The molecule has 19 heavy (non-hydrogen) atoms. The minimum atomic E-state index is -0.267. The summed E-state index contributed by atoms with van der Waals surface area (Å²) in [4.78, 5) is 15.9. The fourth-order valence-corrected chi connectivity index (χ4v) is 1.92. The molecule has 0 aliphatic rings. The van der Waals surface area contributed by atoms with Gasteiger partial charge in [0, 0.05) is 18.1 Å². The van der Waals surface area contributed by atoms with Crippen molar-refractivity contribution in [3.05, 3.63) is 52.8 Å². The molecule has 1 N–H and O–H groups in total. The highest BCUT2D eigenvalue weighted by Gasteiger charge is 2.10. The molecule has 0 aliphatic carbocycles. The molecule has 1 aromatic heterocycles. The zero-order valence-corrected chi connectivity index (χ0v) is 11.4. The van der Waals surface area contributed by atoms with E-state index in [1.54, 1.807) is 25.3 Å². The number of hydrogen-bond acceptors (Lipinski definition) is 3. The molecule has 2 aromatic rings. The van der Waals surface area contributed by atoms with Gasteiger partial charge in [0.1, 0.15) is 5.75 Å². The summed E-state index contributed by atoms with van der Waals surface area (Å²) in [7, 11) is 1.61. The summed E-state index contributed by atoms with van der Waals surface area (Å²) >= 11 is 5.92. The maximum atomic E-state index is 12.0. The number of amides is 1. The molecule has 0 unspecified atom stereocenters. The van der Waals surface area contributed by atoms with Gasteiger partial charge in [0.2, 0.25) is 0 Å². The second-order valence-electron chi connectivity index (χ2n) is 3.99. The van der Waals surface area contributed by atoms with E-state index in [0.29, 0.717) is 16.3 Å². The third-order valence-electron chi connectivity index (χ3n) is 2.67. The van der Waals surface area contributed by atoms with Crippen molar-refractivity contribution in [1.29, 1.82) is 0 Å². The molecular formula is C14H13ClN2O2. The van der Waals surface area contributed by atoms with Crippen LogP contribution in [0.2, 0.25) is 5.02 Å². The molecule has 0 aliphatic heterocycles. The lowest BCUT2D eigenvalue weighted by Gasteiger charge is -2.09. The molecule has 1 amide bonds. The Morgan fingerprint density at radius 3 is 2.79 bits per heavy atom. The van der Waals surface area contributed by atoms with Gasteiger partial charge in [0.25, 0.3) is 5.91 Å². The number of anilines is 1. The Kier molecular flexibility index (Phi) is 4.02.